The number of aromatic nitrogens is 1. The van der Waals surface area contributed by atoms with Gasteiger partial charge < -0.3 is 5.11 Å². The minimum atomic E-state index is -3.65. The number of hydrogen-bond donors (Lipinski definition) is 1. The minimum absolute atomic E-state index is 0.172. The molecule has 102 valence electrons. The number of aliphatic hydroxyl groups excluding tert-OH is 1. The van der Waals surface area contributed by atoms with E-state index in [1.54, 1.807) is 36.5 Å². The van der Waals surface area contributed by atoms with E-state index < -0.39 is 10.0 Å². The van der Waals surface area contributed by atoms with Gasteiger partial charge in [0.2, 0.25) is 0 Å². The minimum Gasteiger partial charge on any atom is -0.392 e. The molecule has 0 atom stereocenters. The topological polar surface area (TPSA) is 59.3 Å². The van der Waals surface area contributed by atoms with Crippen molar-refractivity contribution < 1.29 is 13.5 Å². The molecule has 0 radical (unpaired) electrons. The van der Waals surface area contributed by atoms with Gasteiger partial charge in [0.05, 0.1) is 17.0 Å². The first-order valence-electron chi connectivity index (χ1n) is 6.14. The van der Waals surface area contributed by atoms with Crippen LogP contribution in [0.5, 0.6) is 0 Å². The fourth-order valence-corrected chi connectivity index (χ4v) is 3.61. The number of fused-ring (bicyclic) bond motifs is 1. The lowest BCUT2D eigenvalue weighted by atomic mass is 10.2. The molecule has 3 aromatic rings. The number of para-hydroxylation sites is 1. The second-order valence-electron chi connectivity index (χ2n) is 4.48. The maximum absolute atomic E-state index is 12.7. The third-order valence-electron chi connectivity index (χ3n) is 3.20. The van der Waals surface area contributed by atoms with E-state index in [9.17, 15) is 8.42 Å². The Labute approximate surface area is 117 Å². The normalized spacial score (nSPS) is 11.8. The van der Waals surface area contributed by atoms with Crippen molar-refractivity contribution in [3.63, 3.8) is 0 Å². The van der Waals surface area contributed by atoms with E-state index in [-0.39, 0.29) is 11.5 Å². The predicted molar refractivity (Wildman–Crippen MR) is 76.9 cm³/mol. The zero-order valence-electron chi connectivity index (χ0n) is 10.6. The highest BCUT2D eigenvalue weighted by Crippen LogP contribution is 2.22. The molecule has 0 amide bonds. The Morgan fingerprint density at radius 2 is 1.80 bits per heavy atom. The molecule has 5 heteroatoms. The van der Waals surface area contributed by atoms with Gasteiger partial charge in [-0.25, -0.2) is 12.4 Å². The second-order valence-corrected chi connectivity index (χ2v) is 6.30. The van der Waals surface area contributed by atoms with Crippen LogP contribution in [0, 0.1) is 0 Å². The average Bonchev–Trinajstić information content (AvgIpc) is 2.92. The molecule has 1 heterocycles. The molecule has 0 fully saturated rings. The first kappa shape index (κ1) is 12.9. The lowest BCUT2D eigenvalue weighted by Crippen LogP contribution is -2.12. The van der Waals surface area contributed by atoms with Crippen LogP contribution >= 0.6 is 0 Å². The Morgan fingerprint density at radius 3 is 2.60 bits per heavy atom. The Hall–Kier alpha value is -2.11. The molecule has 0 aliphatic rings. The maximum atomic E-state index is 12.7. The van der Waals surface area contributed by atoms with Crippen LogP contribution in [0.3, 0.4) is 0 Å². The molecule has 0 bridgehead atoms. The van der Waals surface area contributed by atoms with Gasteiger partial charge in [-0.3, -0.25) is 0 Å². The van der Waals surface area contributed by atoms with Gasteiger partial charge in [0.15, 0.2) is 0 Å². The molecular formula is C15H13NO3S. The summed E-state index contributed by atoms with van der Waals surface area (Å²) in [5.74, 6) is 0. The lowest BCUT2D eigenvalue weighted by Gasteiger charge is -2.08. The first-order chi connectivity index (χ1) is 9.63. The average molecular weight is 287 g/mol. The number of rotatable bonds is 3. The van der Waals surface area contributed by atoms with Crippen LogP contribution in [0.2, 0.25) is 0 Å². The van der Waals surface area contributed by atoms with Crippen molar-refractivity contribution in [3.8, 4) is 0 Å². The number of hydrogen-bond acceptors (Lipinski definition) is 3. The molecule has 1 N–H and O–H groups in total. The van der Waals surface area contributed by atoms with Crippen LogP contribution in [0.15, 0.2) is 65.7 Å². The van der Waals surface area contributed by atoms with Crippen molar-refractivity contribution in [2.75, 3.05) is 0 Å². The van der Waals surface area contributed by atoms with Crippen molar-refractivity contribution in [1.82, 2.24) is 3.97 Å². The van der Waals surface area contributed by atoms with Crippen molar-refractivity contribution in [2.24, 2.45) is 0 Å². The van der Waals surface area contributed by atoms with Crippen molar-refractivity contribution in [2.45, 2.75) is 11.5 Å². The molecule has 0 saturated heterocycles. The van der Waals surface area contributed by atoms with E-state index in [0.29, 0.717) is 11.1 Å². The van der Waals surface area contributed by atoms with Gasteiger partial charge in [-0.05, 0) is 29.8 Å². The molecule has 1 aromatic heterocycles. The van der Waals surface area contributed by atoms with Crippen LogP contribution < -0.4 is 0 Å². The van der Waals surface area contributed by atoms with Crippen LogP contribution in [0.4, 0.5) is 0 Å². The molecular weight excluding hydrogens is 274 g/mol. The smallest absolute Gasteiger partial charge is 0.268 e. The van der Waals surface area contributed by atoms with Gasteiger partial charge in [0, 0.05) is 11.6 Å². The van der Waals surface area contributed by atoms with Crippen LogP contribution in [0.1, 0.15) is 5.56 Å². The highest BCUT2D eigenvalue weighted by atomic mass is 32.2. The van der Waals surface area contributed by atoms with Crippen molar-refractivity contribution >= 4 is 20.9 Å². The summed E-state index contributed by atoms with van der Waals surface area (Å²) in [7, 11) is -3.65. The Balaban J connectivity index is 2.21. The third kappa shape index (κ3) is 2.01. The fourth-order valence-electron chi connectivity index (χ4n) is 2.18. The van der Waals surface area contributed by atoms with Gasteiger partial charge >= 0.3 is 0 Å². The van der Waals surface area contributed by atoms with Crippen molar-refractivity contribution in [3.05, 3.63) is 66.4 Å². The molecule has 0 aliphatic heterocycles. The first-order valence-corrected chi connectivity index (χ1v) is 7.58. The Kier molecular flexibility index (Phi) is 3.08. The Morgan fingerprint density at radius 1 is 1.00 bits per heavy atom. The second kappa shape index (κ2) is 4.77. The van der Waals surface area contributed by atoms with Crippen LogP contribution in [-0.4, -0.2) is 17.5 Å². The van der Waals surface area contributed by atoms with Gasteiger partial charge in [0.1, 0.15) is 0 Å². The fraction of sp³-hybridized carbons (Fsp3) is 0.0667. The summed E-state index contributed by atoms with van der Waals surface area (Å²) in [5.41, 5.74) is 1.21. The monoisotopic (exact) mass is 287 g/mol. The van der Waals surface area contributed by atoms with E-state index in [4.69, 9.17) is 5.11 Å². The van der Waals surface area contributed by atoms with Gasteiger partial charge in [-0.2, -0.15) is 0 Å². The predicted octanol–water partition coefficient (Wildman–Crippen LogP) is 2.37. The summed E-state index contributed by atoms with van der Waals surface area (Å²) in [6.07, 6.45) is 1.55. The summed E-state index contributed by atoms with van der Waals surface area (Å²) in [6, 6.07) is 15.4. The van der Waals surface area contributed by atoms with E-state index in [2.05, 4.69) is 0 Å². The number of aliphatic hydroxyl groups is 1. The standard InChI is InChI=1S/C15H13NO3S/c17-11-12-4-3-6-14(10-12)20(18,19)16-9-8-13-5-1-2-7-15(13)16/h1-10,17H,11H2. The highest BCUT2D eigenvalue weighted by Gasteiger charge is 2.18. The van der Waals surface area contributed by atoms with Crippen molar-refractivity contribution in [1.29, 1.82) is 0 Å². The molecule has 0 spiro atoms. The molecule has 0 saturated carbocycles. The summed E-state index contributed by atoms with van der Waals surface area (Å²) < 4.78 is 26.6. The molecule has 0 aliphatic carbocycles. The van der Waals surface area contributed by atoms with Crippen LogP contribution in [0.25, 0.3) is 10.9 Å². The third-order valence-corrected chi connectivity index (χ3v) is 4.89. The zero-order valence-corrected chi connectivity index (χ0v) is 11.4. The largest absolute Gasteiger partial charge is 0.392 e. The summed E-state index contributed by atoms with van der Waals surface area (Å²) in [5, 5.41) is 10.00. The Bertz CT molecular complexity index is 865. The van der Waals surface area contributed by atoms with Gasteiger partial charge in [0.25, 0.3) is 10.0 Å². The summed E-state index contributed by atoms with van der Waals surface area (Å²) in [4.78, 5) is 0.172. The number of nitrogens with zero attached hydrogens (tertiary/aromatic N) is 1. The van der Waals surface area contributed by atoms with E-state index in [1.807, 2.05) is 12.1 Å². The van der Waals surface area contributed by atoms with Gasteiger partial charge in [-0.15, -0.1) is 0 Å². The molecule has 3 rings (SSSR count). The molecule has 0 unspecified atom stereocenters. The molecule has 2 aromatic carbocycles. The number of benzene rings is 2. The van der Waals surface area contributed by atoms with E-state index >= 15 is 0 Å². The molecule has 20 heavy (non-hydrogen) atoms. The maximum Gasteiger partial charge on any atom is 0.268 e. The van der Waals surface area contributed by atoms with Crippen LogP contribution in [-0.2, 0) is 16.6 Å². The molecule has 4 nitrogen and oxygen atoms in total. The highest BCUT2D eigenvalue weighted by molar-refractivity contribution is 7.90. The van der Waals surface area contributed by atoms with E-state index in [1.165, 1.54) is 16.1 Å². The van der Waals surface area contributed by atoms with Gasteiger partial charge in [-0.1, -0.05) is 30.3 Å². The lowest BCUT2D eigenvalue weighted by molar-refractivity contribution is 0.281. The SMILES string of the molecule is O=S(=O)(c1cccc(CO)c1)n1ccc2ccccc21. The summed E-state index contributed by atoms with van der Waals surface area (Å²) in [6.45, 7) is -0.185. The zero-order chi connectivity index (χ0) is 14.2. The quantitative estimate of drug-likeness (QED) is 0.804. The van der Waals surface area contributed by atoms with E-state index in [0.717, 1.165) is 5.39 Å². The summed E-state index contributed by atoms with van der Waals surface area (Å²) >= 11 is 0.